The Kier molecular flexibility index (Phi) is 7.26. The van der Waals surface area contributed by atoms with Gasteiger partial charge in [0.25, 0.3) is 0 Å². The van der Waals surface area contributed by atoms with Gasteiger partial charge in [0.2, 0.25) is 5.82 Å². The van der Waals surface area contributed by atoms with Crippen LogP contribution in [0.3, 0.4) is 0 Å². The predicted molar refractivity (Wildman–Crippen MR) is 106 cm³/mol. The Morgan fingerprint density at radius 3 is 2.39 bits per heavy atom. The van der Waals surface area contributed by atoms with Gasteiger partial charge in [0.05, 0.1) is 25.9 Å². The van der Waals surface area contributed by atoms with Crippen molar-refractivity contribution in [3.8, 4) is 22.6 Å². The highest BCUT2D eigenvalue weighted by Gasteiger charge is 2.21. The number of benzene rings is 2. The summed E-state index contributed by atoms with van der Waals surface area (Å²) in [6, 6.07) is 10.1. The third kappa shape index (κ3) is 5.02. The molecule has 0 amide bonds. The average molecular weight is 390 g/mol. The molecule has 2 atom stereocenters. The molecule has 3 rings (SSSR count). The normalized spacial score (nSPS) is 19.4. The van der Waals surface area contributed by atoms with Gasteiger partial charge < -0.3 is 14.2 Å². The summed E-state index contributed by atoms with van der Waals surface area (Å²) in [6.07, 6.45) is 4.35. The summed E-state index contributed by atoms with van der Waals surface area (Å²) in [4.78, 5) is 0. The first-order valence-electron chi connectivity index (χ1n) is 10.1. The molecule has 0 aliphatic carbocycles. The van der Waals surface area contributed by atoms with Crippen LogP contribution in [0.5, 0.6) is 11.5 Å². The fourth-order valence-electron chi connectivity index (χ4n) is 3.34. The summed E-state index contributed by atoms with van der Waals surface area (Å²) in [5.74, 6) is -0.793. The first-order valence-corrected chi connectivity index (χ1v) is 10.1. The lowest BCUT2D eigenvalue weighted by Gasteiger charge is -2.28. The van der Waals surface area contributed by atoms with Crippen molar-refractivity contribution in [3.63, 3.8) is 0 Å². The molecule has 2 aromatic rings. The summed E-state index contributed by atoms with van der Waals surface area (Å²) in [5, 5.41) is 0. The van der Waals surface area contributed by atoms with Crippen LogP contribution in [0.1, 0.15) is 39.5 Å². The van der Waals surface area contributed by atoms with E-state index in [4.69, 9.17) is 14.2 Å². The van der Waals surface area contributed by atoms with Crippen molar-refractivity contribution in [2.24, 2.45) is 5.92 Å². The van der Waals surface area contributed by atoms with Crippen LogP contribution in [0, 0.1) is 17.6 Å². The van der Waals surface area contributed by atoms with Gasteiger partial charge in [-0.3, -0.25) is 0 Å². The van der Waals surface area contributed by atoms with E-state index < -0.39 is 11.6 Å². The van der Waals surface area contributed by atoms with E-state index in [1.807, 2.05) is 6.92 Å². The Labute approximate surface area is 165 Å². The highest BCUT2D eigenvalue weighted by molar-refractivity contribution is 5.66. The van der Waals surface area contributed by atoms with E-state index >= 15 is 0 Å². The number of rotatable bonds is 8. The number of halogens is 2. The largest absolute Gasteiger partial charge is 0.493 e. The predicted octanol–water partition coefficient (Wildman–Crippen LogP) is 6.00. The molecule has 1 saturated heterocycles. The van der Waals surface area contributed by atoms with Crippen molar-refractivity contribution < 1.29 is 23.0 Å². The van der Waals surface area contributed by atoms with Crippen molar-refractivity contribution in [1.29, 1.82) is 0 Å². The summed E-state index contributed by atoms with van der Waals surface area (Å²) in [6.45, 7) is 5.74. The van der Waals surface area contributed by atoms with Crippen LogP contribution >= 0.6 is 0 Å². The molecule has 1 fully saturated rings. The average Bonchev–Trinajstić information content (AvgIpc) is 2.74. The quantitative estimate of drug-likeness (QED) is 0.553. The minimum atomic E-state index is -0.950. The summed E-state index contributed by atoms with van der Waals surface area (Å²) < 4.78 is 45.5. The number of hydrogen-bond donors (Lipinski definition) is 0. The van der Waals surface area contributed by atoms with E-state index in [-0.39, 0.29) is 11.3 Å². The molecule has 1 aliphatic heterocycles. The lowest BCUT2D eigenvalue weighted by molar-refractivity contribution is -0.0281. The maximum atomic E-state index is 14.4. The molecule has 2 aromatic carbocycles. The third-order valence-corrected chi connectivity index (χ3v) is 5.08. The Bertz CT molecular complexity index is 753. The van der Waals surface area contributed by atoms with Gasteiger partial charge in [-0.2, -0.15) is 4.39 Å². The maximum absolute atomic E-state index is 14.4. The van der Waals surface area contributed by atoms with E-state index in [1.165, 1.54) is 6.07 Å². The molecule has 0 N–H and O–H groups in total. The first kappa shape index (κ1) is 20.6. The van der Waals surface area contributed by atoms with Crippen molar-refractivity contribution in [2.75, 3.05) is 19.8 Å². The van der Waals surface area contributed by atoms with Crippen molar-refractivity contribution >= 4 is 0 Å². The van der Waals surface area contributed by atoms with Gasteiger partial charge >= 0.3 is 0 Å². The zero-order valence-corrected chi connectivity index (χ0v) is 16.5. The molecular weight excluding hydrogens is 362 g/mol. The second kappa shape index (κ2) is 9.87. The molecule has 0 bridgehead atoms. The van der Waals surface area contributed by atoms with E-state index in [0.717, 1.165) is 32.3 Å². The van der Waals surface area contributed by atoms with Gasteiger partial charge in [0, 0.05) is 11.5 Å². The second-order valence-electron chi connectivity index (χ2n) is 7.23. The van der Waals surface area contributed by atoms with Gasteiger partial charge in [0.15, 0.2) is 11.6 Å². The minimum absolute atomic E-state index is 0.0527. The van der Waals surface area contributed by atoms with Crippen LogP contribution < -0.4 is 9.47 Å². The minimum Gasteiger partial charge on any atom is -0.493 e. The molecule has 152 valence electrons. The molecule has 2 unspecified atom stereocenters. The molecule has 0 spiro atoms. The lowest BCUT2D eigenvalue weighted by Crippen LogP contribution is -2.28. The summed E-state index contributed by atoms with van der Waals surface area (Å²) in [7, 11) is 0. The third-order valence-electron chi connectivity index (χ3n) is 5.08. The first-order chi connectivity index (χ1) is 13.6. The molecular formula is C23H28F2O3. The fourth-order valence-corrected chi connectivity index (χ4v) is 3.34. The van der Waals surface area contributed by atoms with Crippen molar-refractivity contribution in [1.82, 2.24) is 0 Å². The number of ether oxygens (including phenoxy) is 3. The standard InChI is InChI=1S/C23H28F2O3/c1-3-13-26-21-12-11-20(22(24)23(21)25)17-6-9-19(10-7-17)28-15-16-5-8-18(4-2)27-14-16/h6-7,9-12,16,18H,3-5,8,13-15H2,1-2H3. The second-order valence-corrected chi connectivity index (χ2v) is 7.23. The van der Waals surface area contributed by atoms with Crippen LogP contribution in [0.25, 0.3) is 11.1 Å². The topological polar surface area (TPSA) is 27.7 Å². The molecule has 1 heterocycles. The fraction of sp³-hybridized carbons (Fsp3) is 0.478. The molecule has 28 heavy (non-hydrogen) atoms. The SMILES string of the molecule is CCCOc1ccc(-c2ccc(OCC3CCC(CC)OC3)cc2)c(F)c1F. The zero-order chi connectivity index (χ0) is 19.9. The molecule has 0 saturated carbocycles. The number of hydrogen-bond acceptors (Lipinski definition) is 3. The van der Waals surface area contributed by atoms with Crippen LogP contribution in [-0.2, 0) is 4.74 Å². The molecule has 5 heteroatoms. The van der Waals surface area contributed by atoms with Crippen LogP contribution in [0.15, 0.2) is 36.4 Å². The smallest absolute Gasteiger partial charge is 0.201 e. The van der Waals surface area contributed by atoms with Crippen LogP contribution in [0.2, 0.25) is 0 Å². The van der Waals surface area contributed by atoms with E-state index in [9.17, 15) is 8.78 Å². The monoisotopic (exact) mass is 390 g/mol. The summed E-state index contributed by atoms with van der Waals surface area (Å²) in [5.41, 5.74) is 0.803. The van der Waals surface area contributed by atoms with Gasteiger partial charge in [-0.25, -0.2) is 4.39 Å². The summed E-state index contributed by atoms with van der Waals surface area (Å²) >= 11 is 0. The molecule has 3 nitrogen and oxygen atoms in total. The van der Waals surface area contributed by atoms with Crippen LogP contribution in [0.4, 0.5) is 8.78 Å². The van der Waals surface area contributed by atoms with E-state index in [2.05, 4.69) is 6.92 Å². The van der Waals surface area contributed by atoms with Gasteiger partial charge in [-0.05, 0) is 55.5 Å². The Hall–Kier alpha value is -2.14. The zero-order valence-electron chi connectivity index (χ0n) is 16.5. The highest BCUT2D eigenvalue weighted by atomic mass is 19.2. The maximum Gasteiger partial charge on any atom is 0.201 e. The van der Waals surface area contributed by atoms with Crippen LogP contribution in [-0.4, -0.2) is 25.9 Å². The molecule has 1 aliphatic rings. The van der Waals surface area contributed by atoms with E-state index in [1.54, 1.807) is 30.3 Å². The van der Waals surface area contributed by atoms with E-state index in [0.29, 0.717) is 36.5 Å². The van der Waals surface area contributed by atoms with Crippen molar-refractivity contribution in [2.45, 2.75) is 45.6 Å². The molecule has 0 radical (unpaired) electrons. The Morgan fingerprint density at radius 2 is 1.75 bits per heavy atom. The Morgan fingerprint density at radius 1 is 0.964 bits per heavy atom. The van der Waals surface area contributed by atoms with Gasteiger partial charge in [0.1, 0.15) is 5.75 Å². The highest BCUT2D eigenvalue weighted by Crippen LogP contribution is 2.31. The van der Waals surface area contributed by atoms with Gasteiger partial charge in [-0.1, -0.05) is 26.0 Å². The van der Waals surface area contributed by atoms with Crippen molar-refractivity contribution in [3.05, 3.63) is 48.0 Å². The molecule has 0 aromatic heterocycles. The lowest BCUT2D eigenvalue weighted by atomic mass is 9.98. The van der Waals surface area contributed by atoms with Gasteiger partial charge in [-0.15, -0.1) is 0 Å². The Balaban J connectivity index is 1.60.